The van der Waals surface area contributed by atoms with E-state index in [1.165, 1.54) is 26.0 Å². The van der Waals surface area contributed by atoms with Gasteiger partial charge in [0, 0.05) is 27.1 Å². The fourth-order valence-electron chi connectivity index (χ4n) is 11.7. The average molecular weight is 1390 g/mol. The van der Waals surface area contributed by atoms with Crippen molar-refractivity contribution in [2.45, 2.75) is 63.3 Å². The highest BCUT2D eigenvalue weighted by Crippen LogP contribution is 2.49. The number of halogens is 24. The van der Waals surface area contributed by atoms with Gasteiger partial charge in [-0.05, 0) is 168 Å². The smallest absolute Gasteiger partial charge is 0.308 e. The Morgan fingerprint density at radius 2 is 0.500 bits per heavy atom. The summed E-state index contributed by atoms with van der Waals surface area (Å²) in [6.07, 6.45) is -43.5. The van der Waals surface area contributed by atoms with Gasteiger partial charge in [0.25, 0.3) is 0 Å². The maximum Gasteiger partial charge on any atom is 0.416 e. The maximum atomic E-state index is 14.6. The van der Waals surface area contributed by atoms with Crippen LogP contribution in [0.25, 0.3) is 116 Å². The number of rotatable bonds is 7. The van der Waals surface area contributed by atoms with Crippen LogP contribution in [0.5, 0.6) is 0 Å². The number of nitrogens with zero attached hydrogens (tertiary/aromatic N) is 6. The Labute approximate surface area is 533 Å². The van der Waals surface area contributed by atoms with E-state index in [0.29, 0.717) is 48.5 Å². The average Bonchev–Trinajstić information content (AvgIpc) is 1.56. The van der Waals surface area contributed by atoms with E-state index in [1.807, 2.05) is 0 Å². The minimum Gasteiger partial charge on any atom is -0.308 e. The zero-order valence-electron chi connectivity index (χ0n) is 48.8. The van der Waals surface area contributed by atoms with Crippen molar-refractivity contribution in [3.8, 4) is 67.3 Å². The molecule has 0 aliphatic heterocycles. The van der Waals surface area contributed by atoms with Crippen LogP contribution in [-0.4, -0.2) is 24.1 Å². The predicted molar refractivity (Wildman–Crippen MR) is 311 cm³/mol. The fraction of sp³-hybridized carbons (Fsp3) is 0.147. The van der Waals surface area contributed by atoms with Gasteiger partial charge in [-0.15, -0.1) is 0 Å². The van der Waals surface area contributed by atoms with Gasteiger partial charge in [-0.1, -0.05) is 48.5 Å². The largest absolute Gasteiger partial charge is 0.416 e. The molecule has 12 rings (SSSR count). The standard InChI is InChI=1S/C68H32F24N6/c1-30-94-31(2)96-60(95-30)52-28-58(97-54-20-32(36-12-40(61(69,70)71)24-41(13-36)62(72,73)74)4-8-48(54)49-9-5-33(21-55(49)97)37-14-42(63(75,76)77)25-43(15-37)64(78,79)80)59(29-53(52)93-3)98-56-22-34(38-16-44(65(81,82)83)26-45(17-38)66(84,85)86)6-10-50(56)51-11-7-35(23-57(51)98)39-18-46(67(87,88)89)27-47(19-39)68(90,91)92/h4-29H,1-2H3. The van der Waals surface area contributed by atoms with Gasteiger partial charge < -0.3 is 9.13 Å². The van der Waals surface area contributed by atoms with Crippen LogP contribution >= 0.6 is 0 Å². The van der Waals surface area contributed by atoms with Crippen LogP contribution < -0.4 is 0 Å². The van der Waals surface area contributed by atoms with Crippen LogP contribution in [-0.2, 0) is 49.4 Å². The molecule has 0 bridgehead atoms. The van der Waals surface area contributed by atoms with E-state index in [0.717, 1.165) is 81.9 Å². The Kier molecular flexibility index (Phi) is 15.6. The number of benzene rings is 9. The molecule has 0 amide bonds. The van der Waals surface area contributed by atoms with Crippen LogP contribution in [0.4, 0.5) is 111 Å². The first-order chi connectivity index (χ1) is 45.3. The SMILES string of the molecule is [C-]#[N+]c1cc(-n2c3cc(-c4cc(C(F)(F)F)cc(C(F)(F)F)c4)ccc3c3ccc(-c4cc(C(F)(F)F)cc(C(F)(F)F)c4)cc32)c(-n2c3cc(-c4cc(C(F)(F)F)cc(C(F)(F)F)c4)ccc3c3ccc(-c4cc(C(F)(F)F)cc(C(F)(F)F)c4)cc32)cc1-c1nc(C)nc(C)n1. The third-order valence-corrected chi connectivity index (χ3v) is 16.0. The lowest BCUT2D eigenvalue weighted by atomic mass is 9.97. The van der Waals surface area contributed by atoms with Crippen molar-refractivity contribution >= 4 is 49.3 Å². The molecular weight excluding hydrogens is 1360 g/mol. The first-order valence-electron chi connectivity index (χ1n) is 28.0. The topological polar surface area (TPSA) is 52.9 Å². The lowest BCUT2D eigenvalue weighted by molar-refractivity contribution is -0.144. The molecule has 12 aromatic rings. The number of hydrogen-bond donors (Lipinski definition) is 0. The lowest BCUT2D eigenvalue weighted by Gasteiger charge is -2.20. The second-order valence-electron chi connectivity index (χ2n) is 22.5. The Morgan fingerprint density at radius 1 is 0.276 bits per heavy atom. The van der Waals surface area contributed by atoms with Gasteiger partial charge in [0.05, 0.1) is 84.5 Å². The van der Waals surface area contributed by atoms with Gasteiger partial charge in [-0.3, -0.25) is 0 Å². The highest BCUT2D eigenvalue weighted by molar-refractivity contribution is 6.14. The van der Waals surface area contributed by atoms with Gasteiger partial charge in [0.2, 0.25) is 0 Å². The summed E-state index contributed by atoms with van der Waals surface area (Å²) < 4.78 is 352. The number of hydrogen-bond acceptors (Lipinski definition) is 3. The monoisotopic (exact) mass is 1390 g/mol. The summed E-state index contributed by atoms with van der Waals surface area (Å²) >= 11 is 0. The van der Waals surface area contributed by atoms with Crippen LogP contribution in [0.1, 0.15) is 56.2 Å². The molecule has 0 saturated heterocycles. The summed E-state index contributed by atoms with van der Waals surface area (Å²) in [5.41, 5.74) is -22.2. The van der Waals surface area contributed by atoms with E-state index in [1.54, 1.807) is 0 Å². The highest BCUT2D eigenvalue weighted by atomic mass is 19.4. The third-order valence-electron chi connectivity index (χ3n) is 16.0. The molecule has 0 unspecified atom stereocenters. The van der Waals surface area contributed by atoms with Gasteiger partial charge in [0.15, 0.2) is 11.5 Å². The molecule has 0 fully saturated rings. The maximum absolute atomic E-state index is 14.6. The van der Waals surface area contributed by atoms with E-state index in [2.05, 4.69) is 19.8 Å². The molecule has 0 atom stereocenters. The summed E-state index contributed by atoms with van der Waals surface area (Å²) in [4.78, 5) is 16.6. The minimum atomic E-state index is -5.44. The van der Waals surface area contributed by atoms with Gasteiger partial charge in [-0.25, -0.2) is 19.8 Å². The van der Waals surface area contributed by atoms with E-state index in [9.17, 15) is 105 Å². The van der Waals surface area contributed by atoms with Crippen LogP contribution in [0.2, 0.25) is 0 Å². The lowest BCUT2D eigenvalue weighted by Crippen LogP contribution is -2.11. The van der Waals surface area contributed by atoms with Gasteiger partial charge >= 0.3 is 49.4 Å². The Hall–Kier alpha value is -10.6. The Bertz CT molecular complexity index is 4900. The molecule has 502 valence electrons. The normalized spacial score (nSPS) is 13.2. The van der Waals surface area contributed by atoms with Crippen molar-refractivity contribution in [2.24, 2.45) is 0 Å². The molecule has 98 heavy (non-hydrogen) atoms. The molecule has 0 aliphatic carbocycles. The van der Waals surface area contributed by atoms with Crippen LogP contribution in [0.15, 0.2) is 158 Å². The molecule has 30 heteroatoms. The zero-order chi connectivity index (χ0) is 71.3. The van der Waals surface area contributed by atoms with Crippen molar-refractivity contribution in [3.63, 3.8) is 0 Å². The molecule has 9 aromatic carbocycles. The molecule has 0 saturated carbocycles. The quantitative estimate of drug-likeness (QED) is 0.118. The van der Waals surface area contributed by atoms with E-state index in [-0.39, 0.29) is 90.9 Å². The number of aromatic nitrogens is 5. The van der Waals surface area contributed by atoms with Crippen molar-refractivity contribution in [3.05, 3.63) is 225 Å². The summed E-state index contributed by atoms with van der Waals surface area (Å²) in [5, 5.41) is -0.200. The third kappa shape index (κ3) is 12.6. The minimum absolute atomic E-state index is 0.00664. The van der Waals surface area contributed by atoms with E-state index < -0.39 is 155 Å². The summed E-state index contributed by atoms with van der Waals surface area (Å²) in [6, 6.07) is 17.3. The molecule has 6 nitrogen and oxygen atoms in total. The summed E-state index contributed by atoms with van der Waals surface area (Å²) in [7, 11) is 0. The number of alkyl halides is 24. The molecular formula is C68H32F24N6. The van der Waals surface area contributed by atoms with Crippen LogP contribution in [0, 0.1) is 20.4 Å². The first kappa shape index (κ1) is 67.4. The molecule has 0 spiro atoms. The molecule has 0 radical (unpaired) electrons. The summed E-state index contributed by atoms with van der Waals surface area (Å²) in [6.45, 7) is 11.4. The molecule has 3 heterocycles. The summed E-state index contributed by atoms with van der Waals surface area (Å²) in [5.74, 6) is -0.342. The second-order valence-corrected chi connectivity index (χ2v) is 22.5. The Morgan fingerprint density at radius 3 is 0.714 bits per heavy atom. The van der Waals surface area contributed by atoms with Gasteiger partial charge in [0.1, 0.15) is 11.6 Å². The van der Waals surface area contributed by atoms with E-state index in [4.69, 9.17) is 6.57 Å². The zero-order valence-corrected chi connectivity index (χ0v) is 48.8. The molecule has 0 N–H and O–H groups in total. The first-order valence-corrected chi connectivity index (χ1v) is 28.0. The molecule has 3 aromatic heterocycles. The highest BCUT2D eigenvalue weighted by Gasteiger charge is 2.42. The number of fused-ring (bicyclic) bond motifs is 6. The van der Waals surface area contributed by atoms with E-state index >= 15 is 0 Å². The second kappa shape index (κ2) is 22.8. The van der Waals surface area contributed by atoms with Crippen molar-refractivity contribution in [1.82, 2.24) is 24.1 Å². The van der Waals surface area contributed by atoms with Crippen molar-refractivity contribution < 1.29 is 105 Å². The van der Waals surface area contributed by atoms with Gasteiger partial charge in [-0.2, -0.15) is 105 Å². The fourth-order valence-corrected chi connectivity index (χ4v) is 11.7. The van der Waals surface area contributed by atoms with Crippen molar-refractivity contribution in [1.29, 1.82) is 0 Å². The molecule has 0 aliphatic rings. The Balaban J connectivity index is 1.29. The number of aryl methyl sites for hydroxylation is 2. The van der Waals surface area contributed by atoms with Crippen LogP contribution in [0.3, 0.4) is 0 Å². The van der Waals surface area contributed by atoms with Crippen molar-refractivity contribution in [2.75, 3.05) is 0 Å². The predicted octanol–water partition coefficient (Wildman–Crippen LogP) is 23.7.